The molecule has 13 heavy (non-hydrogen) atoms. The Balaban J connectivity index is 3.03. The molecule has 1 rings (SSSR count). The molecule has 1 aromatic rings. The van der Waals surface area contributed by atoms with Crippen LogP contribution >= 0.6 is 0 Å². The van der Waals surface area contributed by atoms with Crippen LogP contribution in [-0.4, -0.2) is 21.0 Å². The summed E-state index contributed by atoms with van der Waals surface area (Å²) in [5, 5.41) is 8.60. The maximum Gasteiger partial charge on any atom is 0.326 e. The van der Waals surface area contributed by atoms with Crippen LogP contribution in [0.25, 0.3) is 0 Å². The van der Waals surface area contributed by atoms with Crippen molar-refractivity contribution in [3.8, 4) is 0 Å². The fraction of sp³-hybridized carbons (Fsp3) is 0.375. The van der Waals surface area contributed by atoms with E-state index in [4.69, 9.17) is 10.8 Å². The number of aryl methyl sites for hydroxylation is 2. The molecular weight excluding hydrogens is 170 g/mol. The van der Waals surface area contributed by atoms with Crippen molar-refractivity contribution in [2.45, 2.75) is 19.9 Å². The predicted molar refractivity (Wildman–Crippen MR) is 46.1 cm³/mol. The summed E-state index contributed by atoms with van der Waals surface area (Å²) in [7, 11) is 0. The second-order valence-electron chi connectivity index (χ2n) is 2.78. The number of carbonyl (C=O) groups is 1. The van der Waals surface area contributed by atoms with Crippen LogP contribution in [0.15, 0.2) is 6.20 Å². The van der Waals surface area contributed by atoms with Crippen LogP contribution < -0.4 is 5.73 Å². The minimum absolute atomic E-state index is 0.288. The Labute approximate surface area is 75.6 Å². The molecule has 0 saturated carbocycles. The lowest BCUT2D eigenvalue weighted by molar-refractivity contribution is -0.138. The van der Waals surface area contributed by atoms with E-state index in [1.54, 1.807) is 13.8 Å². The van der Waals surface area contributed by atoms with Crippen molar-refractivity contribution in [3.63, 3.8) is 0 Å². The molecule has 1 unspecified atom stereocenters. The maximum atomic E-state index is 10.5. The molecular formula is C8H11N3O2. The van der Waals surface area contributed by atoms with E-state index in [1.165, 1.54) is 6.20 Å². The normalized spacial score (nSPS) is 12.5. The number of aromatic nitrogens is 2. The second-order valence-corrected chi connectivity index (χ2v) is 2.78. The lowest BCUT2D eigenvalue weighted by Gasteiger charge is -2.06. The van der Waals surface area contributed by atoms with Gasteiger partial charge in [0.2, 0.25) is 0 Å². The fourth-order valence-electron chi connectivity index (χ4n) is 0.836. The topological polar surface area (TPSA) is 89.1 Å². The first-order valence-electron chi connectivity index (χ1n) is 3.81. The molecule has 0 amide bonds. The average molecular weight is 181 g/mol. The highest BCUT2D eigenvalue weighted by Crippen LogP contribution is 2.08. The molecule has 0 radical (unpaired) electrons. The van der Waals surface area contributed by atoms with Gasteiger partial charge in [-0.25, -0.2) is 0 Å². The van der Waals surface area contributed by atoms with Crippen molar-refractivity contribution in [2.75, 3.05) is 0 Å². The van der Waals surface area contributed by atoms with Gasteiger partial charge in [0.15, 0.2) is 0 Å². The van der Waals surface area contributed by atoms with Crippen LogP contribution in [-0.2, 0) is 4.79 Å². The van der Waals surface area contributed by atoms with Crippen molar-refractivity contribution in [3.05, 3.63) is 23.3 Å². The van der Waals surface area contributed by atoms with E-state index >= 15 is 0 Å². The fourth-order valence-corrected chi connectivity index (χ4v) is 0.836. The monoisotopic (exact) mass is 181 g/mol. The van der Waals surface area contributed by atoms with Gasteiger partial charge in [-0.05, 0) is 13.8 Å². The van der Waals surface area contributed by atoms with Gasteiger partial charge in [0.05, 0.1) is 23.3 Å². The van der Waals surface area contributed by atoms with Crippen LogP contribution in [0.5, 0.6) is 0 Å². The number of carboxylic acids is 1. The Morgan fingerprint density at radius 2 is 2.15 bits per heavy atom. The molecule has 1 aromatic heterocycles. The zero-order valence-corrected chi connectivity index (χ0v) is 7.48. The summed E-state index contributed by atoms with van der Waals surface area (Å²) in [6.45, 7) is 3.57. The van der Waals surface area contributed by atoms with Gasteiger partial charge in [0.25, 0.3) is 0 Å². The van der Waals surface area contributed by atoms with Gasteiger partial charge >= 0.3 is 5.97 Å². The van der Waals surface area contributed by atoms with Crippen molar-refractivity contribution in [1.29, 1.82) is 0 Å². The minimum atomic E-state index is -1.10. The first-order valence-corrected chi connectivity index (χ1v) is 3.81. The largest absolute Gasteiger partial charge is 0.480 e. The van der Waals surface area contributed by atoms with Gasteiger partial charge in [-0.1, -0.05) is 0 Å². The van der Waals surface area contributed by atoms with E-state index in [0.717, 1.165) is 5.69 Å². The number of carboxylic acid groups (broad SMARTS) is 1. The summed E-state index contributed by atoms with van der Waals surface area (Å²) in [4.78, 5) is 18.5. The third-order valence-electron chi connectivity index (χ3n) is 1.80. The summed E-state index contributed by atoms with van der Waals surface area (Å²) < 4.78 is 0. The van der Waals surface area contributed by atoms with E-state index in [2.05, 4.69) is 9.97 Å². The number of hydrogen-bond acceptors (Lipinski definition) is 4. The van der Waals surface area contributed by atoms with E-state index < -0.39 is 12.0 Å². The average Bonchev–Trinajstić information content (AvgIpc) is 2.08. The Morgan fingerprint density at radius 1 is 1.54 bits per heavy atom. The van der Waals surface area contributed by atoms with Gasteiger partial charge in [-0.15, -0.1) is 0 Å². The van der Waals surface area contributed by atoms with E-state index in [9.17, 15) is 4.79 Å². The smallest absolute Gasteiger partial charge is 0.326 e. The maximum absolute atomic E-state index is 10.5. The van der Waals surface area contributed by atoms with Crippen LogP contribution in [0.2, 0.25) is 0 Å². The van der Waals surface area contributed by atoms with E-state index in [-0.39, 0.29) is 5.69 Å². The first kappa shape index (κ1) is 9.60. The zero-order valence-electron chi connectivity index (χ0n) is 7.48. The summed E-state index contributed by atoms with van der Waals surface area (Å²) in [6, 6.07) is -1.09. The second kappa shape index (κ2) is 3.49. The molecule has 0 aliphatic carbocycles. The van der Waals surface area contributed by atoms with Crippen LogP contribution in [0.1, 0.15) is 23.1 Å². The molecule has 0 aromatic carbocycles. The molecule has 5 nitrogen and oxygen atoms in total. The Kier molecular flexibility index (Phi) is 2.57. The molecule has 0 aliphatic heterocycles. The Bertz CT molecular complexity index is 338. The molecule has 0 bridgehead atoms. The summed E-state index contributed by atoms with van der Waals surface area (Å²) in [6.07, 6.45) is 1.39. The molecule has 1 heterocycles. The Morgan fingerprint density at radius 3 is 2.62 bits per heavy atom. The molecule has 0 saturated heterocycles. The van der Waals surface area contributed by atoms with Gasteiger partial charge in [0, 0.05) is 0 Å². The zero-order chi connectivity index (χ0) is 10.0. The number of hydrogen-bond donors (Lipinski definition) is 2. The summed E-state index contributed by atoms with van der Waals surface area (Å²) in [5.41, 5.74) is 7.12. The minimum Gasteiger partial charge on any atom is -0.480 e. The Hall–Kier alpha value is -1.49. The molecule has 70 valence electrons. The molecule has 0 spiro atoms. The van der Waals surface area contributed by atoms with E-state index in [1.807, 2.05) is 0 Å². The van der Waals surface area contributed by atoms with Crippen molar-refractivity contribution in [2.24, 2.45) is 5.73 Å². The van der Waals surface area contributed by atoms with Gasteiger partial charge in [-0.2, -0.15) is 0 Å². The standard InChI is InChI=1S/C8H11N3O2/c1-4-5(2)11-6(3-10-4)7(9)8(12)13/h3,7H,9H2,1-2H3,(H,12,13). The van der Waals surface area contributed by atoms with Crippen molar-refractivity contribution >= 4 is 5.97 Å². The predicted octanol–water partition coefficient (Wildman–Crippen LogP) is 0.178. The number of nitrogens with zero attached hydrogens (tertiary/aromatic N) is 2. The van der Waals surface area contributed by atoms with Gasteiger partial charge < -0.3 is 10.8 Å². The lowest BCUT2D eigenvalue weighted by atomic mass is 10.2. The summed E-state index contributed by atoms with van der Waals surface area (Å²) >= 11 is 0. The molecule has 5 heteroatoms. The molecule has 3 N–H and O–H groups in total. The SMILES string of the molecule is Cc1ncc(C(N)C(=O)O)nc1C. The van der Waals surface area contributed by atoms with Crippen LogP contribution in [0.3, 0.4) is 0 Å². The third-order valence-corrected chi connectivity index (χ3v) is 1.80. The highest BCUT2D eigenvalue weighted by molar-refractivity contribution is 5.74. The number of rotatable bonds is 2. The molecule has 1 atom stereocenters. The van der Waals surface area contributed by atoms with Gasteiger partial charge in [0.1, 0.15) is 6.04 Å². The highest BCUT2D eigenvalue weighted by Gasteiger charge is 2.16. The number of aliphatic carboxylic acids is 1. The lowest BCUT2D eigenvalue weighted by Crippen LogP contribution is -2.22. The molecule has 0 fully saturated rings. The number of nitrogens with two attached hydrogens (primary N) is 1. The quantitative estimate of drug-likeness (QED) is 0.679. The highest BCUT2D eigenvalue weighted by atomic mass is 16.4. The van der Waals surface area contributed by atoms with Crippen molar-refractivity contribution < 1.29 is 9.90 Å². The first-order chi connectivity index (χ1) is 6.02. The van der Waals surface area contributed by atoms with Crippen LogP contribution in [0.4, 0.5) is 0 Å². The van der Waals surface area contributed by atoms with Gasteiger partial charge in [-0.3, -0.25) is 14.8 Å². The molecule has 0 aliphatic rings. The van der Waals surface area contributed by atoms with E-state index in [0.29, 0.717) is 5.69 Å². The van der Waals surface area contributed by atoms with Crippen LogP contribution in [0, 0.1) is 13.8 Å². The third kappa shape index (κ3) is 2.00. The summed E-state index contributed by atoms with van der Waals surface area (Å²) in [5.74, 6) is -1.10. The van der Waals surface area contributed by atoms with Crippen molar-refractivity contribution in [1.82, 2.24) is 9.97 Å².